The van der Waals surface area contributed by atoms with E-state index in [1.165, 1.54) is 4.90 Å². The lowest BCUT2D eigenvalue weighted by molar-refractivity contribution is -0.132. The van der Waals surface area contributed by atoms with Crippen LogP contribution in [0.1, 0.15) is 25.8 Å². The first kappa shape index (κ1) is 13.6. The van der Waals surface area contributed by atoms with Crippen LogP contribution >= 0.6 is 0 Å². The molecule has 1 heterocycles. The van der Waals surface area contributed by atoms with Crippen LogP contribution in [0.15, 0.2) is 30.3 Å². The van der Waals surface area contributed by atoms with Crippen LogP contribution < -0.4 is 0 Å². The van der Waals surface area contributed by atoms with Crippen LogP contribution in [0.3, 0.4) is 0 Å². The molecule has 1 aromatic carbocycles. The zero-order valence-electron chi connectivity index (χ0n) is 11.3. The highest BCUT2D eigenvalue weighted by Crippen LogP contribution is 2.20. The maximum atomic E-state index is 12.2. The third kappa shape index (κ3) is 2.95. The lowest BCUT2D eigenvalue weighted by Gasteiger charge is -2.22. The molecule has 0 spiro atoms. The van der Waals surface area contributed by atoms with E-state index in [0.29, 0.717) is 6.42 Å². The number of benzene rings is 1. The van der Waals surface area contributed by atoms with Crippen LogP contribution in [-0.2, 0) is 16.0 Å². The molecule has 1 aromatic rings. The Morgan fingerprint density at radius 3 is 2.74 bits per heavy atom. The number of hydrogen-bond donors (Lipinski definition) is 0. The molecule has 2 unspecified atom stereocenters. The molecular weight excluding hydrogens is 242 g/mol. The van der Waals surface area contributed by atoms with E-state index in [-0.39, 0.29) is 24.5 Å². The number of hydrogen-bond acceptors (Lipinski definition) is 3. The Morgan fingerprint density at radius 2 is 2.11 bits per heavy atom. The zero-order valence-corrected chi connectivity index (χ0v) is 11.3. The Morgan fingerprint density at radius 1 is 1.42 bits per heavy atom. The van der Waals surface area contributed by atoms with Crippen LogP contribution in [0.4, 0.5) is 4.79 Å². The normalized spacial score (nSPS) is 20.2. The second-order valence-electron chi connectivity index (χ2n) is 4.94. The van der Waals surface area contributed by atoms with E-state index in [4.69, 9.17) is 4.74 Å². The molecule has 19 heavy (non-hydrogen) atoms. The summed E-state index contributed by atoms with van der Waals surface area (Å²) in [5.74, 6) is -0.283. The first-order chi connectivity index (χ1) is 9.13. The summed E-state index contributed by atoms with van der Waals surface area (Å²) >= 11 is 0. The lowest BCUT2D eigenvalue weighted by Crippen LogP contribution is -2.42. The van der Waals surface area contributed by atoms with Crippen molar-refractivity contribution in [2.75, 3.05) is 6.61 Å². The monoisotopic (exact) mass is 261 g/mol. The van der Waals surface area contributed by atoms with Gasteiger partial charge in [-0.2, -0.15) is 0 Å². The highest BCUT2D eigenvalue weighted by molar-refractivity contribution is 5.94. The molecule has 1 aliphatic heterocycles. The minimum Gasteiger partial charge on any atom is -0.447 e. The molecule has 1 fully saturated rings. The Bertz CT molecular complexity index is 458. The first-order valence-corrected chi connectivity index (χ1v) is 6.67. The molecule has 2 atom stereocenters. The molecule has 1 aliphatic rings. The van der Waals surface area contributed by atoms with Crippen molar-refractivity contribution in [3.8, 4) is 0 Å². The Kier molecular flexibility index (Phi) is 4.20. The van der Waals surface area contributed by atoms with E-state index in [9.17, 15) is 9.59 Å². The smallest absolute Gasteiger partial charge is 0.416 e. The van der Waals surface area contributed by atoms with Gasteiger partial charge in [0.1, 0.15) is 6.61 Å². The average molecular weight is 261 g/mol. The third-order valence-corrected chi connectivity index (χ3v) is 3.55. The molecule has 0 bridgehead atoms. The molecule has 4 heteroatoms. The number of nitrogens with zero attached hydrogens (tertiary/aromatic N) is 1. The number of imide groups is 1. The van der Waals surface area contributed by atoms with Crippen molar-refractivity contribution in [2.24, 2.45) is 5.92 Å². The second-order valence-corrected chi connectivity index (χ2v) is 4.94. The Hall–Kier alpha value is -1.84. The van der Waals surface area contributed by atoms with Crippen LogP contribution in [-0.4, -0.2) is 29.5 Å². The van der Waals surface area contributed by atoms with E-state index in [1.54, 1.807) is 0 Å². The molecule has 0 aromatic heterocycles. The third-order valence-electron chi connectivity index (χ3n) is 3.55. The SMILES string of the molecule is CCC(C)C(=O)N1C(=O)OCC1Cc1ccccc1. The summed E-state index contributed by atoms with van der Waals surface area (Å²) in [7, 11) is 0. The summed E-state index contributed by atoms with van der Waals surface area (Å²) in [5.41, 5.74) is 1.10. The van der Waals surface area contributed by atoms with Crippen LogP contribution in [0.2, 0.25) is 0 Å². The molecular formula is C15H19NO3. The number of cyclic esters (lactones) is 1. The molecule has 0 saturated carbocycles. The minimum atomic E-state index is -0.508. The number of amides is 2. The van der Waals surface area contributed by atoms with Gasteiger partial charge in [-0.25, -0.2) is 9.69 Å². The van der Waals surface area contributed by atoms with Gasteiger partial charge in [0.2, 0.25) is 5.91 Å². The van der Waals surface area contributed by atoms with E-state index in [2.05, 4.69) is 0 Å². The van der Waals surface area contributed by atoms with Crippen molar-refractivity contribution >= 4 is 12.0 Å². The fourth-order valence-electron chi connectivity index (χ4n) is 2.18. The molecule has 102 valence electrons. The van der Waals surface area contributed by atoms with Crippen molar-refractivity contribution < 1.29 is 14.3 Å². The number of carbonyl (C=O) groups excluding carboxylic acids is 2. The maximum Gasteiger partial charge on any atom is 0.416 e. The Labute approximate surface area is 113 Å². The second kappa shape index (κ2) is 5.87. The molecule has 0 N–H and O–H groups in total. The van der Waals surface area contributed by atoms with Crippen molar-refractivity contribution in [3.05, 3.63) is 35.9 Å². The molecule has 0 radical (unpaired) electrons. The fourth-order valence-corrected chi connectivity index (χ4v) is 2.18. The fraction of sp³-hybridized carbons (Fsp3) is 0.467. The van der Waals surface area contributed by atoms with Crippen LogP contribution in [0.5, 0.6) is 0 Å². The van der Waals surface area contributed by atoms with Gasteiger partial charge in [0.15, 0.2) is 0 Å². The quantitative estimate of drug-likeness (QED) is 0.837. The zero-order chi connectivity index (χ0) is 13.8. The van der Waals surface area contributed by atoms with Gasteiger partial charge in [-0.1, -0.05) is 44.2 Å². The van der Waals surface area contributed by atoms with E-state index < -0.39 is 6.09 Å². The van der Waals surface area contributed by atoms with Gasteiger partial charge in [0.25, 0.3) is 0 Å². The summed E-state index contributed by atoms with van der Waals surface area (Å²) in [6.45, 7) is 4.07. The maximum absolute atomic E-state index is 12.2. The molecule has 0 aliphatic carbocycles. The van der Waals surface area contributed by atoms with Gasteiger partial charge in [-0.3, -0.25) is 4.79 Å². The molecule has 2 rings (SSSR count). The van der Waals surface area contributed by atoms with Gasteiger partial charge in [-0.15, -0.1) is 0 Å². The number of ether oxygens (including phenoxy) is 1. The Balaban J connectivity index is 2.11. The van der Waals surface area contributed by atoms with E-state index >= 15 is 0 Å². The molecule has 1 saturated heterocycles. The van der Waals surface area contributed by atoms with E-state index in [0.717, 1.165) is 12.0 Å². The summed E-state index contributed by atoms with van der Waals surface area (Å²) in [5, 5.41) is 0. The highest BCUT2D eigenvalue weighted by Gasteiger charge is 2.39. The average Bonchev–Trinajstić information content (AvgIpc) is 2.79. The van der Waals surface area contributed by atoms with Crippen LogP contribution in [0, 0.1) is 5.92 Å². The predicted molar refractivity (Wildman–Crippen MR) is 71.6 cm³/mol. The van der Waals surface area contributed by atoms with Gasteiger partial charge < -0.3 is 4.74 Å². The first-order valence-electron chi connectivity index (χ1n) is 6.67. The number of rotatable bonds is 4. The predicted octanol–water partition coefficient (Wildman–Crippen LogP) is 2.62. The summed E-state index contributed by atoms with van der Waals surface area (Å²) < 4.78 is 5.03. The summed E-state index contributed by atoms with van der Waals surface area (Å²) in [6.07, 6.45) is 0.862. The number of carbonyl (C=O) groups is 2. The largest absolute Gasteiger partial charge is 0.447 e. The molecule has 4 nitrogen and oxygen atoms in total. The molecule has 2 amide bonds. The van der Waals surface area contributed by atoms with Gasteiger partial charge >= 0.3 is 6.09 Å². The summed E-state index contributed by atoms with van der Waals surface area (Å²) in [6, 6.07) is 9.66. The lowest BCUT2D eigenvalue weighted by atomic mass is 10.0. The standard InChI is InChI=1S/C15H19NO3/c1-3-11(2)14(17)16-13(10-19-15(16)18)9-12-7-5-4-6-8-12/h4-8,11,13H,3,9-10H2,1-2H3. The van der Waals surface area contributed by atoms with Crippen molar-refractivity contribution in [1.29, 1.82) is 0 Å². The van der Waals surface area contributed by atoms with E-state index in [1.807, 2.05) is 44.2 Å². The van der Waals surface area contributed by atoms with Gasteiger partial charge in [0, 0.05) is 5.92 Å². The minimum absolute atomic E-state index is 0.133. The summed E-state index contributed by atoms with van der Waals surface area (Å²) in [4.78, 5) is 25.2. The topological polar surface area (TPSA) is 46.6 Å². The highest BCUT2D eigenvalue weighted by atomic mass is 16.6. The van der Waals surface area contributed by atoms with Gasteiger partial charge in [0.05, 0.1) is 6.04 Å². The van der Waals surface area contributed by atoms with Crippen molar-refractivity contribution in [3.63, 3.8) is 0 Å². The van der Waals surface area contributed by atoms with Crippen molar-refractivity contribution in [1.82, 2.24) is 4.90 Å². The van der Waals surface area contributed by atoms with Crippen LogP contribution in [0.25, 0.3) is 0 Å². The van der Waals surface area contributed by atoms with Gasteiger partial charge in [-0.05, 0) is 18.4 Å². The van der Waals surface area contributed by atoms with Crippen molar-refractivity contribution in [2.45, 2.75) is 32.7 Å².